The maximum absolute atomic E-state index is 12.2. The maximum Gasteiger partial charge on any atom is 0.253 e. The van der Waals surface area contributed by atoms with Crippen LogP contribution in [0.3, 0.4) is 0 Å². The van der Waals surface area contributed by atoms with Gasteiger partial charge >= 0.3 is 0 Å². The van der Waals surface area contributed by atoms with Crippen LogP contribution in [0.4, 0.5) is 11.4 Å². The Kier molecular flexibility index (Phi) is 4.71. The summed E-state index contributed by atoms with van der Waals surface area (Å²) < 4.78 is 0. The molecule has 0 aliphatic heterocycles. The van der Waals surface area contributed by atoms with Crippen LogP contribution in [0, 0.1) is 6.92 Å². The summed E-state index contributed by atoms with van der Waals surface area (Å²) in [6, 6.07) is 7.48. The Balaban J connectivity index is 2.17. The van der Waals surface area contributed by atoms with Gasteiger partial charge in [0, 0.05) is 22.4 Å². The van der Waals surface area contributed by atoms with E-state index in [4.69, 9.17) is 11.6 Å². The van der Waals surface area contributed by atoms with Crippen molar-refractivity contribution in [1.82, 2.24) is 10.3 Å². The van der Waals surface area contributed by atoms with E-state index in [9.17, 15) is 4.79 Å². The third-order valence-electron chi connectivity index (χ3n) is 2.95. The maximum atomic E-state index is 12.2. The Hall–Kier alpha value is -2.07. The van der Waals surface area contributed by atoms with Crippen LogP contribution in [-0.2, 0) is 0 Å². The first kappa shape index (κ1) is 16.3. The van der Waals surface area contributed by atoms with Crippen molar-refractivity contribution >= 4 is 28.9 Å². The zero-order valence-corrected chi connectivity index (χ0v) is 14.0. The van der Waals surface area contributed by atoms with Gasteiger partial charge in [-0.1, -0.05) is 17.7 Å². The summed E-state index contributed by atoms with van der Waals surface area (Å²) in [5.74, 6) is -0.148. The van der Waals surface area contributed by atoms with Crippen molar-refractivity contribution in [2.45, 2.75) is 33.2 Å². The molecule has 0 aliphatic rings. The molecule has 1 aromatic carbocycles. The summed E-state index contributed by atoms with van der Waals surface area (Å²) in [4.78, 5) is 16.3. The van der Waals surface area contributed by atoms with Crippen LogP contribution in [0.1, 0.15) is 36.7 Å². The fraction of sp³-hybridized carbons (Fsp3) is 0.294. The summed E-state index contributed by atoms with van der Waals surface area (Å²) in [7, 11) is 0. The van der Waals surface area contributed by atoms with Gasteiger partial charge in [-0.15, -0.1) is 0 Å². The van der Waals surface area contributed by atoms with Crippen molar-refractivity contribution in [3.63, 3.8) is 0 Å². The lowest BCUT2D eigenvalue weighted by Gasteiger charge is -2.20. The number of amides is 1. The lowest BCUT2D eigenvalue weighted by atomic mass is 10.1. The van der Waals surface area contributed by atoms with Crippen LogP contribution < -0.4 is 10.6 Å². The molecule has 1 amide bonds. The number of anilines is 2. The summed E-state index contributed by atoms with van der Waals surface area (Å²) in [6.07, 6.45) is 3.22. The zero-order chi connectivity index (χ0) is 16.3. The van der Waals surface area contributed by atoms with Crippen molar-refractivity contribution in [1.29, 1.82) is 0 Å². The number of pyridine rings is 1. The predicted octanol–water partition coefficient (Wildman–Crippen LogP) is 4.32. The third-order valence-corrected chi connectivity index (χ3v) is 3.36. The van der Waals surface area contributed by atoms with Crippen LogP contribution in [0.15, 0.2) is 36.7 Å². The second-order valence-corrected chi connectivity index (χ2v) is 6.66. The van der Waals surface area contributed by atoms with Crippen molar-refractivity contribution in [3.8, 4) is 0 Å². The van der Waals surface area contributed by atoms with Crippen molar-refractivity contribution in [3.05, 3.63) is 52.8 Å². The van der Waals surface area contributed by atoms with Gasteiger partial charge in [0.05, 0.1) is 17.4 Å². The highest BCUT2D eigenvalue weighted by atomic mass is 35.5. The molecule has 0 aliphatic carbocycles. The Morgan fingerprint density at radius 2 is 1.86 bits per heavy atom. The van der Waals surface area contributed by atoms with Gasteiger partial charge in [0.2, 0.25) is 0 Å². The predicted molar refractivity (Wildman–Crippen MR) is 90.9 cm³/mol. The van der Waals surface area contributed by atoms with Crippen LogP contribution in [0.25, 0.3) is 0 Å². The van der Waals surface area contributed by atoms with E-state index >= 15 is 0 Å². The van der Waals surface area contributed by atoms with Crippen LogP contribution in [0.5, 0.6) is 0 Å². The first-order valence-corrected chi connectivity index (χ1v) is 7.43. The van der Waals surface area contributed by atoms with E-state index in [1.807, 2.05) is 45.9 Å². The Bertz CT molecular complexity index is 693. The van der Waals surface area contributed by atoms with E-state index in [0.29, 0.717) is 10.6 Å². The molecular formula is C17H20ClN3O. The molecule has 116 valence electrons. The van der Waals surface area contributed by atoms with E-state index in [1.165, 1.54) is 0 Å². The molecule has 0 unspecified atom stereocenters. The Labute approximate surface area is 135 Å². The molecule has 0 spiro atoms. The Morgan fingerprint density at radius 3 is 2.50 bits per heavy atom. The molecule has 2 N–H and O–H groups in total. The van der Waals surface area contributed by atoms with Gasteiger partial charge in [-0.25, -0.2) is 0 Å². The molecule has 0 bridgehead atoms. The standard InChI is InChI=1S/C17H20ClN3O/c1-11-5-6-13(8-15(11)18)20-14-7-12(9-19-10-14)16(22)21-17(2,3)4/h5-10,20H,1-4H3,(H,21,22). The van der Waals surface area contributed by atoms with Crippen molar-refractivity contribution in [2.24, 2.45) is 0 Å². The third kappa shape index (κ3) is 4.46. The number of carbonyl (C=O) groups excluding carboxylic acids is 1. The average Bonchev–Trinajstić information content (AvgIpc) is 2.41. The first-order chi connectivity index (χ1) is 10.2. The normalized spacial score (nSPS) is 11.1. The fourth-order valence-corrected chi connectivity index (χ4v) is 2.06. The number of rotatable bonds is 3. The number of aryl methyl sites for hydroxylation is 1. The largest absolute Gasteiger partial charge is 0.354 e. The van der Waals surface area contributed by atoms with Crippen LogP contribution in [0.2, 0.25) is 5.02 Å². The minimum Gasteiger partial charge on any atom is -0.354 e. The highest BCUT2D eigenvalue weighted by Crippen LogP contribution is 2.23. The second-order valence-electron chi connectivity index (χ2n) is 6.26. The number of aromatic nitrogens is 1. The highest BCUT2D eigenvalue weighted by Gasteiger charge is 2.15. The molecule has 2 rings (SSSR count). The molecule has 22 heavy (non-hydrogen) atoms. The average molecular weight is 318 g/mol. The highest BCUT2D eigenvalue weighted by molar-refractivity contribution is 6.31. The molecule has 0 fully saturated rings. The van der Waals surface area contributed by atoms with Gasteiger partial charge in [-0.05, 0) is 51.5 Å². The minimum atomic E-state index is -0.287. The SMILES string of the molecule is Cc1ccc(Nc2cncc(C(=O)NC(C)(C)C)c2)cc1Cl. The molecule has 0 saturated heterocycles. The zero-order valence-electron chi connectivity index (χ0n) is 13.2. The van der Waals surface area contributed by atoms with E-state index < -0.39 is 0 Å². The summed E-state index contributed by atoms with van der Waals surface area (Å²) in [5, 5.41) is 6.81. The number of hydrogen-bond donors (Lipinski definition) is 2. The lowest BCUT2D eigenvalue weighted by molar-refractivity contribution is 0.0919. The van der Waals surface area contributed by atoms with Crippen molar-refractivity contribution in [2.75, 3.05) is 5.32 Å². The van der Waals surface area contributed by atoms with Gasteiger partial charge in [0.15, 0.2) is 0 Å². The number of carbonyl (C=O) groups is 1. The Morgan fingerprint density at radius 1 is 1.14 bits per heavy atom. The number of halogens is 1. The monoisotopic (exact) mass is 317 g/mol. The quantitative estimate of drug-likeness (QED) is 0.886. The van der Waals surface area contributed by atoms with E-state index in [0.717, 1.165) is 16.9 Å². The van der Waals surface area contributed by atoms with Gasteiger partial charge in [0.1, 0.15) is 0 Å². The molecule has 1 aromatic heterocycles. The van der Waals surface area contributed by atoms with Gasteiger partial charge in [0.25, 0.3) is 5.91 Å². The van der Waals surface area contributed by atoms with Crippen LogP contribution in [-0.4, -0.2) is 16.4 Å². The molecule has 2 aromatic rings. The lowest BCUT2D eigenvalue weighted by Crippen LogP contribution is -2.40. The summed E-state index contributed by atoms with van der Waals surface area (Å²) >= 11 is 6.11. The molecule has 0 radical (unpaired) electrons. The molecular weight excluding hydrogens is 298 g/mol. The molecule has 4 nitrogen and oxygen atoms in total. The first-order valence-electron chi connectivity index (χ1n) is 7.05. The van der Waals surface area contributed by atoms with Crippen LogP contribution >= 0.6 is 11.6 Å². The number of hydrogen-bond acceptors (Lipinski definition) is 3. The molecule has 0 atom stereocenters. The van der Waals surface area contributed by atoms with Gasteiger partial charge in [-0.2, -0.15) is 0 Å². The summed E-state index contributed by atoms with van der Waals surface area (Å²) in [5.41, 5.74) is 2.83. The van der Waals surface area contributed by atoms with E-state index in [2.05, 4.69) is 15.6 Å². The smallest absolute Gasteiger partial charge is 0.253 e. The molecule has 5 heteroatoms. The van der Waals surface area contributed by atoms with E-state index in [-0.39, 0.29) is 11.4 Å². The fourth-order valence-electron chi connectivity index (χ4n) is 1.88. The second kappa shape index (κ2) is 6.36. The molecule has 0 saturated carbocycles. The molecule has 1 heterocycles. The van der Waals surface area contributed by atoms with Gasteiger partial charge in [-0.3, -0.25) is 9.78 Å². The van der Waals surface area contributed by atoms with Gasteiger partial charge < -0.3 is 10.6 Å². The van der Waals surface area contributed by atoms with E-state index in [1.54, 1.807) is 18.5 Å². The topological polar surface area (TPSA) is 54.0 Å². The number of nitrogens with one attached hydrogen (secondary N) is 2. The van der Waals surface area contributed by atoms with Crippen molar-refractivity contribution < 1.29 is 4.79 Å². The minimum absolute atomic E-state index is 0.148. The summed E-state index contributed by atoms with van der Waals surface area (Å²) in [6.45, 7) is 7.77. The number of nitrogens with zero attached hydrogens (tertiary/aromatic N) is 1. The number of benzene rings is 1.